The SMILES string of the molecule is Cc1cccc(Nc2ncc(C3CCNCC3)c(NC3CCC(O)CC3)n2)c1. The second kappa shape index (κ2) is 8.88. The molecule has 0 atom stereocenters. The van der Waals surface area contributed by atoms with Crippen LogP contribution in [0.3, 0.4) is 0 Å². The zero-order valence-electron chi connectivity index (χ0n) is 16.6. The fourth-order valence-corrected chi connectivity index (χ4v) is 4.26. The lowest BCUT2D eigenvalue weighted by molar-refractivity contribution is 0.126. The fourth-order valence-electron chi connectivity index (χ4n) is 4.26. The van der Waals surface area contributed by atoms with Crippen molar-refractivity contribution in [2.24, 2.45) is 0 Å². The summed E-state index contributed by atoms with van der Waals surface area (Å²) in [5.74, 6) is 2.08. The van der Waals surface area contributed by atoms with Gasteiger partial charge in [-0.3, -0.25) is 0 Å². The second-order valence-electron chi connectivity index (χ2n) is 8.17. The van der Waals surface area contributed by atoms with Crippen LogP contribution >= 0.6 is 0 Å². The molecule has 2 heterocycles. The van der Waals surface area contributed by atoms with Crippen molar-refractivity contribution in [2.75, 3.05) is 23.7 Å². The van der Waals surface area contributed by atoms with Crippen LogP contribution in [0.4, 0.5) is 17.5 Å². The van der Waals surface area contributed by atoms with Gasteiger partial charge in [0.1, 0.15) is 5.82 Å². The monoisotopic (exact) mass is 381 g/mol. The van der Waals surface area contributed by atoms with Gasteiger partial charge in [0.05, 0.1) is 6.10 Å². The number of nitrogens with zero attached hydrogens (tertiary/aromatic N) is 2. The molecule has 150 valence electrons. The van der Waals surface area contributed by atoms with E-state index in [9.17, 15) is 5.11 Å². The molecule has 0 radical (unpaired) electrons. The first kappa shape index (κ1) is 19.2. The van der Waals surface area contributed by atoms with E-state index in [4.69, 9.17) is 4.98 Å². The van der Waals surface area contributed by atoms with Gasteiger partial charge < -0.3 is 21.1 Å². The maximum absolute atomic E-state index is 9.81. The number of nitrogens with one attached hydrogen (secondary N) is 3. The molecule has 1 aliphatic heterocycles. The number of aromatic nitrogens is 2. The van der Waals surface area contributed by atoms with Crippen LogP contribution in [0.2, 0.25) is 0 Å². The molecule has 1 aromatic heterocycles. The molecule has 28 heavy (non-hydrogen) atoms. The smallest absolute Gasteiger partial charge is 0.229 e. The molecule has 4 N–H and O–H groups in total. The first-order valence-electron chi connectivity index (χ1n) is 10.5. The van der Waals surface area contributed by atoms with Crippen LogP contribution in [0.25, 0.3) is 0 Å². The van der Waals surface area contributed by atoms with Gasteiger partial charge in [-0.25, -0.2) is 4.98 Å². The summed E-state index contributed by atoms with van der Waals surface area (Å²) in [6.07, 6.45) is 7.78. The third kappa shape index (κ3) is 4.80. The number of aryl methyl sites for hydroxylation is 1. The minimum Gasteiger partial charge on any atom is -0.393 e. The Morgan fingerprint density at radius 2 is 1.86 bits per heavy atom. The molecule has 2 aliphatic rings. The third-order valence-corrected chi connectivity index (χ3v) is 5.91. The van der Waals surface area contributed by atoms with Gasteiger partial charge in [-0.15, -0.1) is 0 Å². The molecule has 6 heteroatoms. The van der Waals surface area contributed by atoms with Gasteiger partial charge in [0.15, 0.2) is 0 Å². The number of hydrogen-bond acceptors (Lipinski definition) is 6. The summed E-state index contributed by atoms with van der Waals surface area (Å²) in [5.41, 5.74) is 3.43. The first-order chi connectivity index (χ1) is 13.7. The Morgan fingerprint density at radius 3 is 2.61 bits per heavy atom. The Balaban J connectivity index is 1.56. The molecule has 1 aliphatic carbocycles. The van der Waals surface area contributed by atoms with E-state index in [0.29, 0.717) is 17.9 Å². The maximum Gasteiger partial charge on any atom is 0.229 e. The molecule has 2 fully saturated rings. The van der Waals surface area contributed by atoms with Crippen molar-refractivity contribution >= 4 is 17.5 Å². The molecular formula is C22H31N5O. The number of rotatable bonds is 5. The zero-order valence-corrected chi connectivity index (χ0v) is 16.6. The molecule has 1 saturated carbocycles. The number of benzene rings is 1. The van der Waals surface area contributed by atoms with Crippen LogP contribution in [-0.2, 0) is 0 Å². The summed E-state index contributed by atoms with van der Waals surface area (Å²) in [5, 5.41) is 20.3. The van der Waals surface area contributed by atoms with Crippen molar-refractivity contribution in [2.45, 2.75) is 63.5 Å². The van der Waals surface area contributed by atoms with E-state index in [1.54, 1.807) is 0 Å². The van der Waals surface area contributed by atoms with Gasteiger partial charge in [-0.05, 0) is 82.2 Å². The highest BCUT2D eigenvalue weighted by Crippen LogP contribution is 2.32. The Bertz CT molecular complexity index is 782. The lowest BCUT2D eigenvalue weighted by atomic mass is 9.90. The number of hydrogen-bond donors (Lipinski definition) is 4. The molecule has 0 unspecified atom stereocenters. The molecular weight excluding hydrogens is 350 g/mol. The third-order valence-electron chi connectivity index (χ3n) is 5.91. The summed E-state index contributed by atoms with van der Waals surface area (Å²) in [6.45, 7) is 4.17. The van der Waals surface area contributed by atoms with Gasteiger partial charge in [0, 0.05) is 23.5 Å². The van der Waals surface area contributed by atoms with Crippen LogP contribution in [0.15, 0.2) is 30.5 Å². The molecule has 1 saturated heterocycles. The summed E-state index contributed by atoms with van der Waals surface area (Å²) in [4.78, 5) is 9.49. The lowest BCUT2D eigenvalue weighted by Crippen LogP contribution is -2.30. The van der Waals surface area contributed by atoms with E-state index in [1.807, 2.05) is 18.3 Å². The predicted octanol–water partition coefficient (Wildman–Crippen LogP) is 3.71. The number of aliphatic hydroxyl groups excluding tert-OH is 1. The topological polar surface area (TPSA) is 82.1 Å². The molecule has 6 nitrogen and oxygen atoms in total. The normalized spacial score (nSPS) is 23.4. The van der Waals surface area contributed by atoms with Crippen molar-refractivity contribution in [3.63, 3.8) is 0 Å². The quantitative estimate of drug-likeness (QED) is 0.632. The minimum absolute atomic E-state index is 0.147. The number of aliphatic hydroxyl groups is 1. The highest BCUT2D eigenvalue weighted by Gasteiger charge is 2.24. The van der Waals surface area contributed by atoms with Crippen molar-refractivity contribution in [1.82, 2.24) is 15.3 Å². The van der Waals surface area contributed by atoms with Crippen molar-refractivity contribution in [3.8, 4) is 0 Å². The van der Waals surface area contributed by atoms with E-state index in [1.165, 1.54) is 11.1 Å². The largest absolute Gasteiger partial charge is 0.393 e. The Hall–Kier alpha value is -2.18. The summed E-state index contributed by atoms with van der Waals surface area (Å²) < 4.78 is 0. The van der Waals surface area contributed by atoms with Crippen molar-refractivity contribution < 1.29 is 5.11 Å². The fraction of sp³-hybridized carbons (Fsp3) is 0.545. The van der Waals surface area contributed by atoms with Gasteiger partial charge >= 0.3 is 0 Å². The van der Waals surface area contributed by atoms with E-state index < -0.39 is 0 Å². The van der Waals surface area contributed by atoms with Crippen molar-refractivity contribution in [1.29, 1.82) is 0 Å². The van der Waals surface area contributed by atoms with Crippen LogP contribution in [0.5, 0.6) is 0 Å². The molecule has 0 amide bonds. The van der Waals surface area contributed by atoms with Gasteiger partial charge in [0.25, 0.3) is 0 Å². The molecule has 4 rings (SSSR count). The van der Waals surface area contributed by atoms with E-state index in [0.717, 1.165) is 63.1 Å². The zero-order chi connectivity index (χ0) is 19.3. The molecule has 2 aromatic rings. The second-order valence-corrected chi connectivity index (χ2v) is 8.17. The van der Waals surface area contributed by atoms with Crippen LogP contribution in [0, 0.1) is 6.92 Å². The van der Waals surface area contributed by atoms with Gasteiger partial charge in [-0.1, -0.05) is 12.1 Å². The van der Waals surface area contributed by atoms with E-state index >= 15 is 0 Å². The Labute approximate surface area is 167 Å². The first-order valence-corrected chi connectivity index (χ1v) is 10.5. The van der Waals surface area contributed by atoms with Crippen LogP contribution in [0.1, 0.15) is 55.6 Å². The highest BCUT2D eigenvalue weighted by molar-refractivity contribution is 5.57. The Kier molecular flexibility index (Phi) is 6.07. The predicted molar refractivity (Wildman–Crippen MR) is 113 cm³/mol. The number of piperidine rings is 1. The average molecular weight is 382 g/mol. The summed E-state index contributed by atoms with van der Waals surface area (Å²) in [7, 11) is 0. The summed E-state index contributed by atoms with van der Waals surface area (Å²) in [6, 6.07) is 8.61. The minimum atomic E-state index is -0.147. The molecule has 1 aromatic carbocycles. The molecule has 0 spiro atoms. The van der Waals surface area contributed by atoms with E-state index in [-0.39, 0.29) is 6.10 Å². The Morgan fingerprint density at radius 1 is 1.07 bits per heavy atom. The molecule has 0 bridgehead atoms. The van der Waals surface area contributed by atoms with Gasteiger partial charge in [0.2, 0.25) is 5.95 Å². The van der Waals surface area contributed by atoms with Crippen LogP contribution < -0.4 is 16.0 Å². The average Bonchev–Trinajstić information content (AvgIpc) is 2.71. The number of anilines is 3. The van der Waals surface area contributed by atoms with E-state index in [2.05, 4.69) is 40.0 Å². The standard InChI is InChI=1S/C22H31N5O/c1-15-3-2-4-18(13-15)26-22-24-14-20(16-9-11-23-12-10-16)21(27-22)25-17-5-7-19(28)8-6-17/h2-4,13-14,16-17,19,23,28H,5-12H2,1H3,(H2,24,25,26,27). The highest BCUT2D eigenvalue weighted by atomic mass is 16.3. The van der Waals surface area contributed by atoms with Crippen LogP contribution in [-0.4, -0.2) is 40.3 Å². The lowest BCUT2D eigenvalue weighted by Gasteiger charge is -2.29. The summed E-state index contributed by atoms with van der Waals surface area (Å²) >= 11 is 0. The van der Waals surface area contributed by atoms with Gasteiger partial charge in [-0.2, -0.15) is 4.98 Å². The van der Waals surface area contributed by atoms with Crippen molar-refractivity contribution in [3.05, 3.63) is 41.6 Å². The maximum atomic E-state index is 9.81.